The Morgan fingerprint density at radius 2 is 1.95 bits per heavy atom. The van der Waals surface area contributed by atoms with Crippen LogP contribution in [0.25, 0.3) is 10.1 Å². The van der Waals surface area contributed by atoms with Crippen LogP contribution in [0.15, 0.2) is 30.3 Å². The molecule has 1 atom stereocenters. The van der Waals surface area contributed by atoms with Crippen LogP contribution in [0.2, 0.25) is 0 Å². The zero-order valence-electron chi connectivity index (χ0n) is 11.4. The number of hydrogen-bond acceptors (Lipinski definition) is 3. The Hall–Kier alpha value is -1.39. The van der Waals surface area contributed by atoms with Crippen molar-refractivity contribution >= 4 is 27.4 Å². The summed E-state index contributed by atoms with van der Waals surface area (Å²) in [5.41, 5.74) is 5.07. The van der Waals surface area contributed by atoms with E-state index in [1.807, 2.05) is 45.0 Å². The van der Waals surface area contributed by atoms with Gasteiger partial charge in [-0.05, 0) is 31.4 Å². The zero-order valence-corrected chi connectivity index (χ0v) is 12.3. The molecular formula is C15H19NO2S. The Morgan fingerprint density at radius 3 is 2.47 bits per heavy atom. The van der Waals surface area contributed by atoms with E-state index in [-0.39, 0.29) is 6.42 Å². The molecule has 0 saturated carbocycles. The Morgan fingerprint density at radius 1 is 1.32 bits per heavy atom. The van der Waals surface area contributed by atoms with Gasteiger partial charge in [-0.25, -0.2) is 0 Å². The van der Waals surface area contributed by atoms with Gasteiger partial charge in [-0.3, -0.25) is 4.79 Å². The first-order chi connectivity index (χ1) is 8.74. The van der Waals surface area contributed by atoms with Crippen molar-refractivity contribution in [2.45, 2.75) is 38.1 Å². The number of rotatable bonds is 4. The van der Waals surface area contributed by atoms with Gasteiger partial charge in [-0.2, -0.15) is 0 Å². The largest absolute Gasteiger partial charge is 0.481 e. The summed E-state index contributed by atoms with van der Waals surface area (Å²) < 4.78 is 1.17. The number of hydrogen-bond donors (Lipinski definition) is 2. The Bertz CT molecular complexity index is 579. The molecule has 1 unspecified atom stereocenters. The number of nitrogens with two attached hydrogens (primary N) is 1. The number of benzene rings is 1. The zero-order chi connectivity index (χ0) is 14.3. The van der Waals surface area contributed by atoms with Gasteiger partial charge in [0.2, 0.25) is 0 Å². The van der Waals surface area contributed by atoms with E-state index in [0.717, 1.165) is 10.3 Å². The summed E-state index contributed by atoms with van der Waals surface area (Å²) in [6.07, 6.45) is 0.0311. The maximum atomic E-state index is 11.2. The second kappa shape index (κ2) is 4.62. The summed E-state index contributed by atoms with van der Waals surface area (Å²) in [5.74, 6) is -0.821. The minimum atomic E-state index is -0.821. The van der Waals surface area contributed by atoms with Crippen LogP contribution in [0.1, 0.15) is 32.1 Å². The van der Waals surface area contributed by atoms with Gasteiger partial charge in [-0.15, -0.1) is 11.3 Å². The van der Waals surface area contributed by atoms with E-state index in [4.69, 9.17) is 5.73 Å². The summed E-state index contributed by atoms with van der Waals surface area (Å²) >= 11 is 1.63. The van der Waals surface area contributed by atoms with Crippen LogP contribution in [-0.4, -0.2) is 16.6 Å². The van der Waals surface area contributed by atoms with Crippen LogP contribution in [0, 0.1) is 0 Å². The molecule has 2 rings (SSSR count). The molecule has 19 heavy (non-hydrogen) atoms. The van der Waals surface area contributed by atoms with Crippen molar-refractivity contribution in [1.29, 1.82) is 0 Å². The first-order valence-electron chi connectivity index (χ1n) is 6.24. The molecule has 0 radical (unpaired) electrons. The summed E-state index contributed by atoms with van der Waals surface area (Å²) in [5, 5.41) is 10.3. The lowest BCUT2D eigenvalue weighted by Crippen LogP contribution is -2.52. The molecule has 0 aliphatic heterocycles. The third-order valence-electron chi connectivity index (χ3n) is 3.90. The molecular weight excluding hydrogens is 258 g/mol. The third-order valence-corrected chi connectivity index (χ3v) is 5.28. The number of fused-ring (bicyclic) bond motifs is 1. The predicted molar refractivity (Wildman–Crippen MR) is 79.7 cm³/mol. The van der Waals surface area contributed by atoms with Crippen molar-refractivity contribution in [2.75, 3.05) is 0 Å². The van der Waals surface area contributed by atoms with Crippen LogP contribution < -0.4 is 5.73 Å². The van der Waals surface area contributed by atoms with Gasteiger partial charge < -0.3 is 10.8 Å². The molecule has 4 heteroatoms. The van der Waals surface area contributed by atoms with E-state index >= 15 is 0 Å². The lowest BCUT2D eigenvalue weighted by Gasteiger charge is -2.40. The summed E-state index contributed by atoms with van der Waals surface area (Å²) in [4.78, 5) is 12.2. The monoisotopic (exact) mass is 277 g/mol. The molecule has 0 bridgehead atoms. The molecule has 0 amide bonds. The standard InChI is InChI=1S/C15H19NO2S/c1-14(2,16)15(3,9-13(17)18)12-8-10-6-4-5-7-11(10)19-12/h4-8H,9,16H2,1-3H3,(H,17,18). The Kier molecular flexibility index (Phi) is 3.41. The van der Waals surface area contributed by atoms with E-state index in [0.29, 0.717) is 0 Å². The molecule has 0 aliphatic rings. The molecule has 0 saturated heterocycles. The summed E-state index contributed by atoms with van der Waals surface area (Å²) in [7, 11) is 0. The van der Waals surface area contributed by atoms with Gasteiger partial charge in [0.15, 0.2) is 0 Å². The van der Waals surface area contributed by atoms with Crippen LogP contribution in [0.3, 0.4) is 0 Å². The highest BCUT2D eigenvalue weighted by Crippen LogP contribution is 2.42. The summed E-state index contributed by atoms with van der Waals surface area (Å²) in [6.45, 7) is 5.71. The lowest BCUT2D eigenvalue weighted by molar-refractivity contribution is -0.139. The fourth-order valence-corrected chi connectivity index (χ4v) is 3.56. The normalized spacial score (nSPS) is 15.4. The van der Waals surface area contributed by atoms with Crippen molar-refractivity contribution in [3.05, 3.63) is 35.2 Å². The minimum absolute atomic E-state index is 0.0311. The van der Waals surface area contributed by atoms with Crippen LogP contribution >= 0.6 is 11.3 Å². The number of thiophene rings is 1. The minimum Gasteiger partial charge on any atom is -0.481 e. The molecule has 2 aromatic rings. The van der Waals surface area contributed by atoms with Crippen LogP contribution in [-0.2, 0) is 10.2 Å². The number of carboxylic acid groups (broad SMARTS) is 1. The topological polar surface area (TPSA) is 63.3 Å². The molecule has 102 valence electrons. The number of carbonyl (C=O) groups is 1. The number of aliphatic carboxylic acids is 1. The molecule has 3 N–H and O–H groups in total. The Balaban J connectivity index is 2.57. The highest BCUT2D eigenvalue weighted by atomic mass is 32.1. The first kappa shape index (κ1) is 14.0. The first-order valence-corrected chi connectivity index (χ1v) is 7.05. The highest BCUT2D eigenvalue weighted by Gasteiger charge is 2.42. The molecule has 1 aromatic heterocycles. The van der Waals surface area contributed by atoms with E-state index < -0.39 is 16.9 Å². The van der Waals surface area contributed by atoms with Crippen LogP contribution in [0.5, 0.6) is 0 Å². The molecule has 0 spiro atoms. The van der Waals surface area contributed by atoms with Crippen molar-refractivity contribution in [1.82, 2.24) is 0 Å². The fraction of sp³-hybridized carbons (Fsp3) is 0.400. The SMILES string of the molecule is CC(C)(N)C(C)(CC(=O)O)c1cc2ccccc2s1. The predicted octanol–water partition coefficient (Wildman–Crippen LogP) is 3.37. The highest BCUT2D eigenvalue weighted by molar-refractivity contribution is 7.19. The van der Waals surface area contributed by atoms with Gasteiger partial charge in [0.25, 0.3) is 0 Å². The van der Waals surface area contributed by atoms with E-state index in [9.17, 15) is 9.90 Å². The Labute approximate surface area is 117 Å². The van der Waals surface area contributed by atoms with Gasteiger partial charge in [0, 0.05) is 20.5 Å². The second-order valence-corrected chi connectivity index (χ2v) is 6.86. The molecule has 1 heterocycles. The van der Waals surface area contributed by atoms with Crippen molar-refractivity contribution in [2.24, 2.45) is 5.73 Å². The quantitative estimate of drug-likeness (QED) is 0.900. The van der Waals surface area contributed by atoms with Gasteiger partial charge in [0.1, 0.15) is 0 Å². The second-order valence-electron chi connectivity index (χ2n) is 5.77. The fourth-order valence-electron chi connectivity index (χ4n) is 2.19. The van der Waals surface area contributed by atoms with Gasteiger partial charge in [-0.1, -0.05) is 25.1 Å². The van der Waals surface area contributed by atoms with Crippen molar-refractivity contribution in [3.63, 3.8) is 0 Å². The molecule has 0 aliphatic carbocycles. The average molecular weight is 277 g/mol. The average Bonchev–Trinajstić information content (AvgIpc) is 2.70. The van der Waals surface area contributed by atoms with E-state index in [1.54, 1.807) is 11.3 Å². The summed E-state index contributed by atoms with van der Waals surface area (Å²) in [6, 6.07) is 10.1. The van der Waals surface area contributed by atoms with Gasteiger partial charge >= 0.3 is 5.97 Å². The maximum Gasteiger partial charge on any atom is 0.304 e. The molecule has 0 fully saturated rings. The smallest absolute Gasteiger partial charge is 0.304 e. The lowest BCUT2D eigenvalue weighted by atomic mass is 9.70. The van der Waals surface area contributed by atoms with E-state index in [2.05, 4.69) is 6.07 Å². The molecule has 1 aromatic carbocycles. The van der Waals surface area contributed by atoms with E-state index in [1.165, 1.54) is 4.70 Å². The van der Waals surface area contributed by atoms with Crippen molar-refractivity contribution < 1.29 is 9.90 Å². The maximum absolute atomic E-state index is 11.2. The van der Waals surface area contributed by atoms with Crippen LogP contribution in [0.4, 0.5) is 0 Å². The van der Waals surface area contributed by atoms with Crippen molar-refractivity contribution in [3.8, 4) is 0 Å². The third kappa shape index (κ3) is 2.51. The van der Waals surface area contributed by atoms with Gasteiger partial charge in [0.05, 0.1) is 6.42 Å². The molecule has 3 nitrogen and oxygen atoms in total. The number of carboxylic acids is 1.